The van der Waals surface area contributed by atoms with Gasteiger partial charge in [-0.2, -0.15) is 0 Å². The van der Waals surface area contributed by atoms with E-state index in [9.17, 15) is 0 Å². The number of nitrogens with two attached hydrogens (primary N) is 4. The van der Waals surface area contributed by atoms with Crippen LogP contribution in [0.5, 0.6) is 11.5 Å². The molecule has 8 N–H and O–H groups in total. The number of hydrogen-bond acceptors (Lipinski definition) is 6. The average Bonchev–Trinajstić information content (AvgIpc) is 2.66. The third kappa shape index (κ3) is 5.12. The second kappa shape index (κ2) is 8.91. The van der Waals surface area contributed by atoms with E-state index in [0.29, 0.717) is 39.3 Å². The number of ether oxygens (including phenoxy) is 2. The van der Waals surface area contributed by atoms with Gasteiger partial charge in [0, 0.05) is 5.69 Å². The molecule has 0 saturated heterocycles. The smallest absolute Gasteiger partial charge is 0.142 e. The first kappa shape index (κ1) is 20.1. The molecule has 0 atom stereocenters. The van der Waals surface area contributed by atoms with Crippen molar-refractivity contribution in [1.29, 1.82) is 0 Å². The van der Waals surface area contributed by atoms with E-state index in [1.807, 2.05) is 36.4 Å². The minimum absolute atomic E-state index is 0.525. The number of methoxy groups -OCH3 is 2. The molecule has 0 aliphatic carbocycles. The van der Waals surface area contributed by atoms with Crippen molar-refractivity contribution in [2.45, 2.75) is 0 Å². The molecule has 0 aliphatic rings. The van der Waals surface area contributed by atoms with Crippen molar-refractivity contribution in [2.24, 2.45) is 0 Å². The fourth-order valence-corrected chi connectivity index (χ4v) is 2.46. The van der Waals surface area contributed by atoms with E-state index < -0.39 is 0 Å². The minimum atomic E-state index is 0.525. The van der Waals surface area contributed by atoms with Crippen LogP contribution < -0.4 is 32.4 Å². The summed E-state index contributed by atoms with van der Waals surface area (Å²) in [7, 11) is 3.19. The van der Waals surface area contributed by atoms with Crippen LogP contribution in [0.15, 0.2) is 54.6 Å². The van der Waals surface area contributed by atoms with Gasteiger partial charge in [0.25, 0.3) is 0 Å². The van der Waals surface area contributed by atoms with Gasteiger partial charge < -0.3 is 32.4 Å². The number of halogens is 1. The van der Waals surface area contributed by atoms with E-state index in [-0.39, 0.29) is 0 Å². The Balaban J connectivity index is 0.000000244. The van der Waals surface area contributed by atoms with Gasteiger partial charge in [-0.25, -0.2) is 0 Å². The lowest BCUT2D eigenvalue weighted by Gasteiger charge is -2.10. The summed E-state index contributed by atoms with van der Waals surface area (Å²) in [5, 5.41) is 0.546. The first-order chi connectivity index (χ1) is 12.8. The standard InChI is InChI=1S/C14H16N2O2.C6H7ClN2/c1-17-13-7-9(3-5-11(13)15)10-4-6-12(16)14(8-10)18-2;7-5-2-1-4(8)3-6(5)9/h3-8H,15-16H2,1-2H3;1-3H,8-9H2. The van der Waals surface area contributed by atoms with Crippen molar-refractivity contribution >= 4 is 34.4 Å². The summed E-state index contributed by atoms with van der Waals surface area (Å²) in [5.74, 6) is 1.31. The molecule has 6 nitrogen and oxygen atoms in total. The predicted octanol–water partition coefficient (Wildman–Crippen LogP) is 4.04. The number of anilines is 4. The van der Waals surface area contributed by atoms with Gasteiger partial charge in [0.2, 0.25) is 0 Å². The van der Waals surface area contributed by atoms with Gasteiger partial charge in [-0.05, 0) is 53.6 Å². The molecule has 3 aromatic carbocycles. The fourth-order valence-electron chi connectivity index (χ4n) is 2.34. The highest BCUT2D eigenvalue weighted by Crippen LogP contribution is 2.32. The maximum Gasteiger partial charge on any atom is 0.142 e. The van der Waals surface area contributed by atoms with Gasteiger partial charge in [0.05, 0.1) is 36.3 Å². The molecule has 0 heterocycles. The van der Waals surface area contributed by atoms with Crippen LogP contribution in [0.4, 0.5) is 22.7 Å². The van der Waals surface area contributed by atoms with Crippen LogP contribution in [-0.2, 0) is 0 Å². The second-order valence-electron chi connectivity index (χ2n) is 5.69. The summed E-state index contributed by atoms with van der Waals surface area (Å²) in [6.45, 7) is 0. The normalized spacial score (nSPS) is 9.89. The van der Waals surface area contributed by atoms with Crippen LogP contribution in [0.25, 0.3) is 11.1 Å². The second-order valence-corrected chi connectivity index (χ2v) is 6.10. The van der Waals surface area contributed by atoms with Gasteiger partial charge in [-0.1, -0.05) is 23.7 Å². The fraction of sp³-hybridized carbons (Fsp3) is 0.100. The van der Waals surface area contributed by atoms with Gasteiger partial charge in [0.1, 0.15) is 11.5 Å². The first-order valence-corrected chi connectivity index (χ1v) is 8.41. The molecule has 0 aromatic heterocycles. The summed E-state index contributed by atoms with van der Waals surface area (Å²) in [4.78, 5) is 0. The minimum Gasteiger partial charge on any atom is -0.495 e. The van der Waals surface area contributed by atoms with Crippen molar-refractivity contribution < 1.29 is 9.47 Å². The molecule has 0 saturated carbocycles. The Labute approximate surface area is 163 Å². The van der Waals surface area contributed by atoms with E-state index in [1.54, 1.807) is 32.4 Å². The quantitative estimate of drug-likeness (QED) is 0.504. The van der Waals surface area contributed by atoms with Gasteiger partial charge in [0.15, 0.2) is 0 Å². The van der Waals surface area contributed by atoms with Crippen LogP contribution in [0.2, 0.25) is 5.02 Å². The molecule has 27 heavy (non-hydrogen) atoms. The van der Waals surface area contributed by atoms with Crippen molar-refractivity contribution in [1.82, 2.24) is 0 Å². The molecule has 0 spiro atoms. The van der Waals surface area contributed by atoms with Crippen molar-refractivity contribution in [3.8, 4) is 22.6 Å². The van der Waals surface area contributed by atoms with E-state index >= 15 is 0 Å². The number of hydrogen-bond donors (Lipinski definition) is 4. The summed E-state index contributed by atoms with van der Waals surface area (Å²) in [6, 6.07) is 16.3. The number of nitrogen functional groups attached to an aromatic ring is 4. The summed E-state index contributed by atoms with van der Waals surface area (Å²) in [6.07, 6.45) is 0. The number of rotatable bonds is 3. The molecule has 7 heteroatoms. The lowest BCUT2D eigenvalue weighted by Crippen LogP contribution is -1.94. The highest BCUT2D eigenvalue weighted by Gasteiger charge is 2.06. The van der Waals surface area contributed by atoms with Crippen LogP contribution >= 0.6 is 11.6 Å². The van der Waals surface area contributed by atoms with Gasteiger partial charge in [-0.3, -0.25) is 0 Å². The molecule has 3 rings (SSSR count). The topological polar surface area (TPSA) is 123 Å². The van der Waals surface area contributed by atoms with E-state index in [1.165, 1.54) is 0 Å². The van der Waals surface area contributed by atoms with E-state index in [0.717, 1.165) is 11.1 Å². The van der Waals surface area contributed by atoms with Gasteiger partial charge >= 0.3 is 0 Å². The highest BCUT2D eigenvalue weighted by atomic mass is 35.5. The lowest BCUT2D eigenvalue weighted by molar-refractivity contribution is 0.416. The zero-order valence-electron chi connectivity index (χ0n) is 15.2. The van der Waals surface area contributed by atoms with Crippen molar-refractivity contribution in [3.05, 3.63) is 59.6 Å². The third-order valence-corrected chi connectivity index (χ3v) is 4.16. The lowest BCUT2D eigenvalue weighted by atomic mass is 10.0. The monoisotopic (exact) mass is 386 g/mol. The highest BCUT2D eigenvalue weighted by molar-refractivity contribution is 6.33. The molecular formula is C20H23ClN4O2. The average molecular weight is 387 g/mol. The maximum atomic E-state index is 5.79. The Morgan fingerprint density at radius 2 is 1.11 bits per heavy atom. The Hall–Kier alpha value is -3.25. The zero-order valence-corrected chi connectivity index (χ0v) is 16.0. The van der Waals surface area contributed by atoms with Crippen LogP contribution in [0, 0.1) is 0 Å². The van der Waals surface area contributed by atoms with Crippen LogP contribution in [-0.4, -0.2) is 14.2 Å². The Morgan fingerprint density at radius 3 is 1.48 bits per heavy atom. The SMILES string of the molecule is COc1cc(-c2ccc(N)c(OC)c2)ccc1N.Nc1ccc(Cl)c(N)c1. The number of benzene rings is 3. The Morgan fingerprint density at radius 1 is 0.630 bits per heavy atom. The molecule has 142 valence electrons. The van der Waals surface area contributed by atoms with Crippen molar-refractivity contribution in [2.75, 3.05) is 37.2 Å². The predicted molar refractivity (Wildman–Crippen MR) is 114 cm³/mol. The third-order valence-electron chi connectivity index (χ3n) is 3.82. The molecule has 0 unspecified atom stereocenters. The molecule has 3 aromatic rings. The molecule has 0 bridgehead atoms. The van der Waals surface area contributed by atoms with Crippen LogP contribution in [0.1, 0.15) is 0 Å². The molecular weight excluding hydrogens is 364 g/mol. The molecule has 0 fully saturated rings. The molecule has 0 aliphatic heterocycles. The molecule has 0 amide bonds. The summed E-state index contributed by atoms with van der Waals surface area (Å²) < 4.78 is 10.4. The molecule has 0 radical (unpaired) electrons. The Kier molecular flexibility index (Phi) is 6.62. The first-order valence-electron chi connectivity index (χ1n) is 8.03. The largest absolute Gasteiger partial charge is 0.495 e. The van der Waals surface area contributed by atoms with E-state index in [4.69, 9.17) is 44.0 Å². The summed E-state index contributed by atoms with van der Waals surface area (Å²) >= 11 is 5.60. The zero-order chi connectivity index (χ0) is 20.0. The van der Waals surface area contributed by atoms with Crippen molar-refractivity contribution in [3.63, 3.8) is 0 Å². The van der Waals surface area contributed by atoms with Gasteiger partial charge in [-0.15, -0.1) is 0 Å². The summed E-state index contributed by atoms with van der Waals surface area (Å²) in [5.41, 5.74) is 26.8. The van der Waals surface area contributed by atoms with Crippen LogP contribution in [0.3, 0.4) is 0 Å². The maximum absolute atomic E-state index is 5.79. The Bertz CT molecular complexity index is 880. The van der Waals surface area contributed by atoms with E-state index in [2.05, 4.69) is 0 Å².